The summed E-state index contributed by atoms with van der Waals surface area (Å²) in [5, 5.41) is 3.14. The molecule has 6 heteroatoms. The molecular formula is C16H21FN4O. The summed E-state index contributed by atoms with van der Waals surface area (Å²) in [5.74, 6) is 1.26. The Kier molecular flexibility index (Phi) is 5.52. The summed E-state index contributed by atoms with van der Waals surface area (Å²) >= 11 is 0. The number of benzene rings is 1. The Balaban J connectivity index is 2.07. The minimum atomic E-state index is -0.257. The third-order valence-electron chi connectivity index (χ3n) is 3.13. The molecule has 0 amide bonds. The van der Waals surface area contributed by atoms with Crippen LogP contribution < -0.4 is 15.8 Å². The van der Waals surface area contributed by atoms with E-state index in [9.17, 15) is 4.39 Å². The largest absolute Gasteiger partial charge is 0.476 e. The van der Waals surface area contributed by atoms with Crippen LogP contribution >= 0.6 is 0 Å². The fraction of sp³-hybridized carbons (Fsp3) is 0.375. The Morgan fingerprint density at radius 1 is 1.23 bits per heavy atom. The summed E-state index contributed by atoms with van der Waals surface area (Å²) in [6.45, 7) is 4.95. The van der Waals surface area contributed by atoms with Crippen LogP contribution in [-0.2, 0) is 6.54 Å². The van der Waals surface area contributed by atoms with E-state index >= 15 is 0 Å². The van der Waals surface area contributed by atoms with Gasteiger partial charge < -0.3 is 15.8 Å². The van der Waals surface area contributed by atoms with E-state index in [0.717, 1.165) is 18.4 Å². The summed E-state index contributed by atoms with van der Waals surface area (Å²) in [6.07, 6.45) is 1.99. The van der Waals surface area contributed by atoms with Gasteiger partial charge in [-0.05, 0) is 31.0 Å². The van der Waals surface area contributed by atoms with Gasteiger partial charge in [-0.1, -0.05) is 25.5 Å². The smallest absolute Gasteiger partial charge is 0.242 e. The second kappa shape index (κ2) is 7.59. The number of aromatic nitrogens is 2. The molecule has 0 aliphatic heterocycles. The summed E-state index contributed by atoms with van der Waals surface area (Å²) < 4.78 is 18.5. The van der Waals surface area contributed by atoms with Crippen molar-refractivity contribution in [2.45, 2.75) is 33.2 Å². The standard InChI is InChI=1S/C16H21FN4O/c1-3-4-9-22-16-14(18)15(20-11(2)21-16)19-10-12-5-7-13(17)8-6-12/h5-8H,3-4,9-10,18H2,1-2H3,(H,19,20,21). The van der Waals surface area contributed by atoms with Crippen molar-refractivity contribution >= 4 is 11.5 Å². The van der Waals surface area contributed by atoms with Gasteiger partial charge in [0.25, 0.3) is 0 Å². The second-order valence-corrected chi connectivity index (χ2v) is 5.02. The lowest BCUT2D eigenvalue weighted by atomic mass is 10.2. The fourth-order valence-electron chi connectivity index (χ4n) is 1.90. The second-order valence-electron chi connectivity index (χ2n) is 5.02. The Morgan fingerprint density at radius 3 is 2.64 bits per heavy atom. The third kappa shape index (κ3) is 4.31. The number of hydrogen-bond donors (Lipinski definition) is 2. The van der Waals surface area contributed by atoms with E-state index in [0.29, 0.717) is 36.4 Å². The van der Waals surface area contributed by atoms with Crippen molar-refractivity contribution in [3.8, 4) is 5.88 Å². The van der Waals surface area contributed by atoms with Crippen molar-refractivity contribution in [3.63, 3.8) is 0 Å². The molecule has 0 saturated carbocycles. The highest BCUT2D eigenvalue weighted by Gasteiger charge is 2.11. The first kappa shape index (κ1) is 16.0. The highest BCUT2D eigenvalue weighted by molar-refractivity contribution is 5.66. The lowest BCUT2D eigenvalue weighted by Crippen LogP contribution is -2.10. The summed E-state index contributed by atoms with van der Waals surface area (Å²) in [7, 11) is 0. The molecule has 1 heterocycles. The van der Waals surface area contributed by atoms with Crippen LogP contribution in [0.1, 0.15) is 31.2 Å². The number of nitrogens with two attached hydrogens (primary N) is 1. The van der Waals surface area contributed by atoms with E-state index in [2.05, 4.69) is 22.2 Å². The van der Waals surface area contributed by atoms with E-state index in [4.69, 9.17) is 10.5 Å². The molecule has 0 spiro atoms. The number of nitrogens with zero attached hydrogens (tertiary/aromatic N) is 2. The number of hydrogen-bond acceptors (Lipinski definition) is 5. The Morgan fingerprint density at radius 2 is 1.95 bits per heavy atom. The third-order valence-corrected chi connectivity index (χ3v) is 3.13. The van der Waals surface area contributed by atoms with E-state index in [1.54, 1.807) is 19.1 Å². The fourth-order valence-corrected chi connectivity index (χ4v) is 1.90. The molecule has 2 rings (SSSR count). The molecular weight excluding hydrogens is 283 g/mol. The van der Waals surface area contributed by atoms with Crippen molar-refractivity contribution in [1.82, 2.24) is 9.97 Å². The maximum absolute atomic E-state index is 12.9. The van der Waals surface area contributed by atoms with Crippen molar-refractivity contribution in [2.24, 2.45) is 0 Å². The number of aryl methyl sites for hydroxylation is 1. The molecule has 1 aromatic heterocycles. The minimum absolute atomic E-state index is 0.257. The highest BCUT2D eigenvalue weighted by Crippen LogP contribution is 2.26. The van der Waals surface area contributed by atoms with Crippen LogP contribution in [-0.4, -0.2) is 16.6 Å². The van der Waals surface area contributed by atoms with Gasteiger partial charge in [0.2, 0.25) is 5.88 Å². The molecule has 1 aromatic carbocycles. The monoisotopic (exact) mass is 304 g/mol. The molecule has 0 aliphatic rings. The van der Waals surface area contributed by atoms with Gasteiger partial charge in [0.05, 0.1) is 6.61 Å². The lowest BCUT2D eigenvalue weighted by Gasteiger charge is -2.13. The van der Waals surface area contributed by atoms with Crippen LogP contribution in [0.15, 0.2) is 24.3 Å². The van der Waals surface area contributed by atoms with Gasteiger partial charge in [0, 0.05) is 6.54 Å². The van der Waals surface area contributed by atoms with E-state index in [-0.39, 0.29) is 5.82 Å². The quantitative estimate of drug-likeness (QED) is 0.768. The molecule has 0 bridgehead atoms. The number of nitrogen functional groups attached to an aromatic ring is 1. The Bertz CT molecular complexity index is 616. The zero-order chi connectivity index (χ0) is 15.9. The number of unbranched alkanes of at least 4 members (excludes halogenated alkanes) is 1. The summed E-state index contributed by atoms with van der Waals surface area (Å²) in [4.78, 5) is 8.52. The van der Waals surface area contributed by atoms with Gasteiger partial charge in [0.1, 0.15) is 17.3 Å². The maximum Gasteiger partial charge on any atom is 0.242 e. The van der Waals surface area contributed by atoms with Crippen molar-refractivity contribution in [3.05, 3.63) is 41.5 Å². The molecule has 0 fully saturated rings. The average molecular weight is 304 g/mol. The minimum Gasteiger partial charge on any atom is -0.476 e. The molecule has 0 aliphatic carbocycles. The van der Waals surface area contributed by atoms with Gasteiger partial charge in [-0.2, -0.15) is 4.98 Å². The first-order chi connectivity index (χ1) is 10.6. The summed E-state index contributed by atoms with van der Waals surface area (Å²) in [6, 6.07) is 6.27. The zero-order valence-electron chi connectivity index (χ0n) is 12.9. The first-order valence-electron chi connectivity index (χ1n) is 7.35. The van der Waals surface area contributed by atoms with E-state index < -0.39 is 0 Å². The molecule has 118 valence electrons. The Hall–Kier alpha value is -2.37. The maximum atomic E-state index is 12.9. The van der Waals surface area contributed by atoms with Crippen molar-refractivity contribution in [1.29, 1.82) is 0 Å². The normalized spacial score (nSPS) is 10.5. The number of ether oxygens (including phenoxy) is 1. The van der Waals surface area contributed by atoms with E-state index in [1.807, 2.05) is 0 Å². The topological polar surface area (TPSA) is 73.1 Å². The van der Waals surface area contributed by atoms with Crippen LogP contribution in [0.4, 0.5) is 15.9 Å². The predicted molar refractivity (Wildman–Crippen MR) is 85.3 cm³/mol. The Labute approximate surface area is 129 Å². The number of nitrogens with one attached hydrogen (secondary N) is 1. The van der Waals surface area contributed by atoms with Gasteiger partial charge in [-0.3, -0.25) is 0 Å². The number of halogens is 1. The van der Waals surface area contributed by atoms with Gasteiger partial charge >= 0.3 is 0 Å². The molecule has 22 heavy (non-hydrogen) atoms. The van der Waals surface area contributed by atoms with Crippen LogP contribution in [0.2, 0.25) is 0 Å². The van der Waals surface area contributed by atoms with Gasteiger partial charge in [-0.15, -0.1) is 0 Å². The predicted octanol–water partition coefficient (Wildman–Crippen LogP) is 3.30. The SMILES string of the molecule is CCCCOc1nc(C)nc(NCc2ccc(F)cc2)c1N. The molecule has 3 N–H and O–H groups in total. The van der Waals surface area contributed by atoms with Gasteiger partial charge in [-0.25, -0.2) is 9.37 Å². The number of anilines is 2. The average Bonchev–Trinajstić information content (AvgIpc) is 2.50. The first-order valence-corrected chi connectivity index (χ1v) is 7.35. The van der Waals surface area contributed by atoms with E-state index in [1.165, 1.54) is 12.1 Å². The lowest BCUT2D eigenvalue weighted by molar-refractivity contribution is 0.298. The zero-order valence-corrected chi connectivity index (χ0v) is 12.9. The number of rotatable bonds is 7. The molecule has 0 atom stereocenters. The molecule has 2 aromatic rings. The van der Waals surface area contributed by atoms with Crippen LogP contribution in [0.25, 0.3) is 0 Å². The summed E-state index contributed by atoms with van der Waals surface area (Å²) in [5.41, 5.74) is 7.38. The highest BCUT2D eigenvalue weighted by atomic mass is 19.1. The van der Waals surface area contributed by atoms with Crippen LogP contribution in [0, 0.1) is 12.7 Å². The molecule has 0 unspecified atom stereocenters. The van der Waals surface area contributed by atoms with Gasteiger partial charge in [0.15, 0.2) is 5.82 Å². The van der Waals surface area contributed by atoms with Crippen LogP contribution in [0.5, 0.6) is 5.88 Å². The molecule has 0 saturated heterocycles. The molecule has 5 nitrogen and oxygen atoms in total. The van der Waals surface area contributed by atoms with Crippen LogP contribution in [0.3, 0.4) is 0 Å². The molecule has 0 radical (unpaired) electrons. The van der Waals surface area contributed by atoms with Crippen molar-refractivity contribution < 1.29 is 9.13 Å². The van der Waals surface area contributed by atoms with Crippen molar-refractivity contribution in [2.75, 3.05) is 17.7 Å².